The molecule has 1 unspecified atom stereocenters. The lowest BCUT2D eigenvalue weighted by Gasteiger charge is -2.24. The van der Waals surface area contributed by atoms with E-state index in [1.807, 2.05) is 0 Å². The average Bonchev–Trinajstić information content (AvgIpc) is 3.01. The number of rotatable bonds is 4. The molecule has 0 radical (unpaired) electrons. The van der Waals surface area contributed by atoms with Crippen LogP contribution >= 0.6 is 0 Å². The summed E-state index contributed by atoms with van der Waals surface area (Å²) < 4.78 is 77.8. The summed E-state index contributed by atoms with van der Waals surface area (Å²) in [5.41, 5.74) is -0.941. The first-order chi connectivity index (χ1) is 12.4. The van der Waals surface area contributed by atoms with Gasteiger partial charge in [-0.2, -0.15) is 26.3 Å². The Bertz CT molecular complexity index is 715. The van der Waals surface area contributed by atoms with Crippen molar-refractivity contribution in [3.8, 4) is 0 Å². The second-order valence-electron chi connectivity index (χ2n) is 6.42. The quantitative estimate of drug-likeness (QED) is 0.784. The molecule has 4 nitrogen and oxygen atoms in total. The predicted octanol–water partition coefficient (Wildman–Crippen LogP) is 3.92. The molecule has 1 fully saturated rings. The van der Waals surface area contributed by atoms with E-state index in [1.165, 1.54) is 13.0 Å². The molecule has 1 aliphatic heterocycles. The number of carboxylic acids is 1. The van der Waals surface area contributed by atoms with Gasteiger partial charge in [0.2, 0.25) is 5.91 Å². The summed E-state index contributed by atoms with van der Waals surface area (Å²) in [6, 6.07) is 4.04. The Morgan fingerprint density at radius 1 is 1.19 bits per heavy atom. The van der Waals surface area contributed by atoms with Crippen LogP contribution in [0.1, 0.15) is 30.4 Å². The van der Waals surface area contributed by atoms with Crippen molar-refractivity contribution < 1.29 is 41.0 Å². The molecule has 1 aromatic rings. The van der Waals surface area contributed by atoms with Gasteiger partial charge in [-0.25, -0.2) is 0 Å². The van der Waals surface area contributed by atoms with Gasteiger partial charge in [0.15, 0.2) is 0 Å². The number of benzene rings is 1. The zero-order valence-electron chi connectivity index (χ0n) is 14.1. The highest BCUT2D eigenvalue weighted by molar-refractivity contribution is 5.85. The SMILES string of the molecule is CCC(C(=O)N1C[C@@H](C(F)(F)F)[C@H](C(=O)O)C1)c1cccc(C(F)(F)F)c1. The minimum atomic E-state index is -4.80. The Labute approximate surface area is 150 Å². The molecule has 10 heteroatoms. The van der Waals surface area contributed by atoms with Gasteiger partial charge in [-0.1, -0.05) is 25.1 Å². The number of alkyl halides is 6. The Morgan fingerprint density at radius 3 is 2.26 bits per heavy atom. The lowest BCUT2D eigenvalue weighted by molar-refractivity contribution is -0.188. The van der Waals surface area contributed by atoms with Crippen LogP contribution in [0.5, 0.6) is 0 Å². The Hall–Kier alpha value is -2.26. The molecule has 0 saturated carbocycles. The number of hydrogen-bond acceptors (Lipinski definition) is 2. The summed E-state index contributed by atoms with van der Waals surface area (Å²) in [5, 5.41) is 9.02. The molecule has 27 heavy (non-hydrogen) atoms. The van der Waals surface area contributed by atoms with Gasteiger partial charge in [-0.3, -0.25) is 9.59 Å². The minimum absolute atomic E-state index is 0.0275. The Morgan fingerprint density at radius 2 is 1.81 bits per heavy atom. The highest BCUT2D eigenvalue weighted by Crippen LogP contribution is 2.39. The van der Waals surface area contributed by atoms with Gasteiger partial charge in [-0.05, 0) is 18.1 Å². The molecule has 0 aromatic heterocycles. The van der Waals surface area contributed by atoms with Crippen molar-refractivity contribution in [2.24, 2.45) is 11.8 Å². The van der Waals surface area contributed by atoms with Crippen molar-refractivity contribution in [1.82, 2.24) is 4.90 Å². The highest BCUT2D eigenvalue weighted by Gasteiger charge is 2.54. The number of aliphatic carboxylic acids is 1. The van der Waals surface area contributed by atoms with Crippen molar-refractivity contribution >= 4 is 11.9 Å². The number of carbonyl (C=O) groups is 2. The number of halogens is 6. The van der Waals surface area contributed by atoms with Crippen LogP contribution in [-0.2, 0) is 15.8 Å². The summed E-state index contributed by atoms with van der Waals surface area (Å²) in [4.78, 5) is 24.6. The van der Waals surface area contributed by atoms with Gasteiger partial charge < -0.3 is 10.0 Å². The molecular weight excluding hydrogens is 380 g/mol. The van der Waals surface area contributed by atoms with Crippen LogP contribution in [0, 0.1) is 11.8 Å². The zero-order valence-corrected chi connectivity index (χ0v) is 14.1. The van der Waals surface area contributed by atoms with Gasteiger partial charge in [0.25, 0.3) is 0 Å². The third kappa shape index (κ3) is 4.54. The molecule has 2 rings (SSSR count). The molecular formula is C17H17F6NO3. The van der Waals surface area contributed by atoms with Gasteiger partial charge >= 0.3 is 18.3 Å². The number of carbonyl (C=O) groups excluding carboxylic acids is 1. The maximum Gasteiger partial charge on any atom is 0.416 e. The Kier molecular flexibility index (Phi) is 5.77. The van der Waals surface area contributed by atoms with E-state index in [9.17, 15) is 35.9 Å². The van der Waals surface area contributed by atoms with Crippen LogP contribution in [0.4, 0.5) is 26.3 Å². The average molecular weight is 397 g/mol. The summed E-state index contributed by atoms with van der Waals surface area (Å²) >= 11 is 0. The van der Waals surface area contributed by atoms with E-state index in [0.29, 0.717) is 0 Å². The van der Waals surface area contributed by atoms with E-state index in [0.717, 1.165) is 23.1 Å². The van der Waals surface area contributed by atoms with E-state index >= 15 is 0 Å². The first kappa shape index (κ1) is 21.0. The number of hydrogen-bond donors (Lipinski definition) is 1. The fourth-order valence-electron chi connectivity index (χ4n) is 3.27. The van der Waals surface area contributed by atoms with Crippen LogP contribution < -0.4 is 0 Å². The fourth-order valence-corrected chi connectivity index (χ4v) is 3.27. The molecule has 0 bridgehead atoms. The van der Waals surface area contributed by atoms with Crippen molar-refractivity contribution in [2.75, 3.05) is 13.1 Å². The summed E-state index contributed by atoms with van der Waals surface area (Å²) in [5.74, 6) is -7.57. The van der Waals surface area contributed by atoms with E-state index in [1.54, 1.807) is 0 Å². The number of likely N-dealkylation sites (tertiary alicyclic amines) is 1. The molecule has 1 aromatic carbocycles. The normalized spacial score (nSPS) is 22.0. The Balaban J connectivity index is 2.29. The number of nitrogens with zero attached hydrogens (tertiary/aromatic N) is 1. The maximum absolute atomic E-state index is 13.1. The highest BCUT2D eigenvalue weighted by atomic mass is 19.4. The molecule has 0 aliphatic carbocycles. The molecule has 1 aliphatic rings. The first-order valence-corrected chi connectivity index (χ1v) is 8.11. The van der Waals surface area contributed by atoms with Crippen LogP contribution in [0.25, 0.3) is 0 Å². The van der Waals surface area contributed by atoms with E-state index in [4.69, 9.17) is 5.11 Å². The van der Waals surface area contributed by atoms with Crippen molar-refractivity contribution in [2.45, 2.75) is 31.6 Å². The van der Waals surface area contributed by atoms with Crippen molar-refractivity contribution in [3.63, 3.8) is 0 Å². The van der Waals surface area contributed by atoms with Gasteiger partial charge in [0.05, 0.1) is 23.3 Å². The fraction of sp³-hybridized carbons (Fsp3) is 0.529. The van der Waals surface area contributed by atoms with Crippen LogP contribution in [-0.4, -0.2) is 41.1 Å². The summed E-state index contributed by atoms with van der Waals surface area (Å²) in [7, 11) is 0. The standard InChI is InChI=1S/C17H17F6NO3/c1-2-11(9-4-3-5-10(6-9)16(18,19)20)14(25)24-7-12(15(26)27)13(8-24)17(21,22)23/h3-6,11-13H,2,7-8H2,1H3,(H,26,27)/t11?,12-,13-/m1/s1. The van der Waals surface area contributed by atoms with Gasteiger partial charge in [0, 0.05) is 13.1 Å². The molecule has 3 atom stereocenters. The smallest absolute Gasteiger partial charge is 0.416 e. The van der Waals surface area contributed by atoms with Crippen LogP contribution in [0.3, 0.4) is 0 Å². The third-order valence-corrected chi connectivity index (χ3v) is 4.69. The number of carboxylic acid groups (broad SMARTS) is 1. The van der Waals surface area contributed by atoms with Crippen molar-refractivity contribution in [3.05, 3.63) is 35.4 Å². The molecule has 1 heterocycles. The molecule has 1 amide bonds. The third-order valence-electron chi connectivity index (χ3n) is 4.69. The molecule has 0 spiro atoms. The molecule has 150 valence electrons. The van der Waals surface area contributed by atoms with E-state index < -0.39 is 60.6 Å². The predicted molar refractivity (Wildman–Crippen MR) is 81.7 cm³/mol. The van der Waals surface area contributed by atoms with Crippen molar-refractivity contribution in [1.29, 1.82) is 0 Å². The molecule has 1 N–H and O–H groups in total. The van der Waals surface area contributed by atoms with Gasteiger partial charge in [0.1, 0.15) is 0 Å². The maximum atomic E-state index is 13.1. The largest absolute Gasteiger partial charge is 0.481 e. The van der Waals surface area contributed by atoms with Crippen LogP contribution in [0.2, 0.25) is 0 Å². The summed E-state index contributed by atoms with van der Waals surface area (Å²) in [6.07, 6.45) is -9.36. The van der Waals surface area contributed by atoms with Crippen LogP contribution in [0.15, 0.2) is 24.3 Å². The second-order valence-corrected chi connectivity index (χ2v) is 6.42. The zero-order chi connectivity index (χ0) is 20.6. The minimum Gasteiger partial charge on any atom is -0.481 e. The van der Waals surface area contributed by atoms with E-state index in [-0.39, 0.29) is 12.0 Å². The first-order valence-electron chi connectivity index (χ1n) is 8.11. The lowest BCUT2D eigenvalue weighted by atomic mass is 9.93. The molecule has 1 saturated heterocycles. The van der Waals surface area contributed by atoms with Gasteiger partial charge in [-0.15, -0.1) is 0 Å². The summed E-state index contributed by atoms with van der Waals surface area (Å²) in [6.45, 7) is 0.0669. The monoisotopic (exact) mass is 397 g/mol. The topological polar surface area (TPSA) is 57.6 Å². The second kappa shape index (κ2) is 7.40. The lowest BCUT2D eigenvalue weighted by Crippen LogP contribution is -2.35. The van der Waals surface area contributed by atoms with E-state index in [2.05, 4.69) is 0 Å². The number of amides is 1.